The highest BCUT2D eigenvalue weighted by atomic mass is 16.3. The van der Waals surface area contributed by atoms with Crippen LogP contribution in [0, 0.1) is 0 Å². The van der Waals surface area contributed by atoms with Crippen molar-refractivity contribution in [1.82, 2.24) is 15.5 Å². The highest BCUT2D eigenvalue weighted by Crippen LogP contribution is 2.34. The predicted molar refractivity (Wildman–Crippen MR) is 110 cm³/mol. The zero-order valence-corrected chi connectivity index (χ0v) is 16.6. The standard InChI is InChI=1S/C22H33N3O2/c1-3-13-23-22(27)25(2)14-19-21(20(15-26)24-19)18-11-9-17(10-12-18)16-7-5-4-6-8-16/h7,9-12,19-21,24,26H,3-6,8,13-15H2,1-2H3,(H,23,27)/t19-,20+,21-/m1/s1. The van der Waals surface area contributed by atoms with Gasteiger partial charge in [0.15, 0.2) is 0 Å². The van der Waals surface area contributed by atoms with Crippen LogP contribution in [0.1, 0.15) is 56.1 Å². The Labute approximate surface area is 162 Å². The summed E-state index contributed by atoms with van der Waals surface area (Å²) in [5, 5.41) is 16.0. The average molecular weight is 372 g/mol. The van der Waals surface area contributed by atoms with Crippen molar-refractivity contribution in [1.29, 1.82) is 0 Å². The predicted octanol–water partition coefficient (Wildman–Crippen LogP) is 3.11. The summed E-state index contributed by atoms with van der Waals surface area (Å²) in [7, 11) is 1.83. The Hall–Kier alpha value is -1.85. The van der Waals surface area contributed by atoms with E-state index < -0.39 is 0 Å². The molecule has 1 aromatic rings. The van der Waals surface area contributed by atoms with Crippen LogP contribution in [0.15, 0.2) is 30.3 Å². The lowest BCUT2D eigenvalue weighted by Crippen LogP contribution is -2.65. The quantitative estimate of drug-likeness (QED) is 0.690. The van der Waals surface area contributed by atoms with Crippen molar-refractivity contribution in [2.24, 2.45) is 0 Å². The lowest BCUT2D eigenvalue weighted by Gasteiger charge is -2.47. The van der Waals surface area contributed by atoms with Crippen molar-refractivity contribution in [3.63, 3.8) is 0 Å². The zero-order chi connectivity index (χ0) is 19.2. The Morgan fingerprint density at radius 1 is 1.26 bits per heavy atom. The second-order valence-corrected chi connectivity index (χ2v) is 7.80. The van der Waals surface area contributed by atoms with Gasteiger partial charge < -0.3 is 20.6 Å². The molecule has 27 heavy (non-hydrogen) atoms. The molecule has 0 bridgehead atoms. The molecule has 2 aliphatic rings. The average Bonchev–Trinajstić information content (AvgIpc) is 2.70. The molecule has 2 amide bonds. The number of aliphatic hydroxyl groups is 1. The number of carbonyl (C=O) groups is 1. The number of benzene rings is 1. The molecule has 5 nitrogen and oxygen atoms in total. The minimum Gasteiger partial charge on any atom is -0.395 e. The van der Waals surface area contributed by atoms with E-state index in [0.717, 1.165) is 6.42 Å². The van der Waals surface area contributed by atoms with E-state index in [1.165, 1.54) is 42.4 Å². The van der Waals surface area contributed by atoms with Crippen LogP contribution < -0.4 is 10.6 Å². The Morgan fingerprint density at radius 3 is 2.67 bits per heavy atom. The number of aliphatic hydroxyl groups excluding tert-OH is 1. The molecule has 0 spiro atoms. The maximum Gasteiger partial charge on any atom is 0.317 e. The number of likely N-dealkylation sites (N-methyl/N-ethyl adjacent to an activating group) is 1. The van der Waals surface area contributed by atoms with Gasteiger partial charge in [0, 0.05) is 38.1 Å². The molecule has 1 aliphatic carbocycles. The summed E-state index contributed by atoms with van der Waals surface area (Å²) in [6.45, 7) is 3.48. The van der Waals surface area contributed by atoms with Gasteiger partial charge in [-0.15, -0.1) is 0 Å². The maximum atomic E-state index is 12.1. The summed E-state index contributed by atoms with van der Waals surface area (Å²) in [4.78, 5) is 13.9. The zero-order valence-electron chi connectivity index (χ0n) is 16.6. The summed E-state index contributed by atoms with van der Waals surface area (Å²) in [5.74, 6) is 0.228. The molecule has 0 saturated carbocycles. The van der Waals surface area contributed by atoms with Crippen molar-refractivity contribution in [2.45, 2.75) is 57.0 Å². The molecular formula is C22H33N3O2. The normalized spacial score (nSPS) is 24.7. The Balaban J connectivity index is 1.65. The summed E-state index contributed by atoms with van der Waals surface area (Å²) in [6.07, 6.45) is 8.23. The third-order valence-electron chi connectivity index (χ3n) is 5.79. The van der Waals surface area contributed by atoms with E-state index in [1.54, 1.807) is 4.90 Å². The van der Waals surface area contributed by atoms with Crippen molar-refractivity contribution < 1.29 is 9.90 Å². The van der Waals surface area contributed by atoms with Gasteiger partial charge in [-0.25, -0.2) is 4.79 Å². The van der Waals surface area contributed by atoms with Gasteiger partial charge in [-0.3, -0.25) is 0 Å². The van der Waals surface area contributed by atoms with Gasteiger partial charge in [0.25, 0.3) is 0 Å². The lowest BCUT2D eigenvalue weighted by atomic mass is 9.77. The van der Waals surface area contributed by atoms with Gasteiger partial charge in [0.05, 0.1) is 6.61 Å². The fourth-order valence-corrected chi connectivity index (χ4v) is 4.21. The topological polar surface area (TPSA) is 64.6 Å². The highest BCUT2D eigenvalue weighted by molar-refractivity contribution is 5.73. The molecule has 3 atom stereocenters. The number of nitrogens with one attached hydrogen (secondary N) is 2. The summed E-state index contributed by atoms with van der Waals surface area (Å²) in [5.41, 5.74) is 4.02. The van der Waals surface area contributed by atoms with Gasteiger partial charge in [-0.1, -0.05) is 37.3 Å². The Morgan fingerprint density at radius 2 is 2.04 bits per heavy atom. The van der Waals surface area contributed by atoms with Crippen LogP contribution >= 0.6 is 0 Å². The third-order valence-corrected chi connectivity index (χ3v) is 5.79. The van der Waals surface area contributed by atoms with E-state index in [4.69, 9.17) is 0 Å². The van der Waals surface area contributed by atoms with Crippen molar-refractivity contribution in [2.75, 3.05) is 26.7 Å². The molecule has 0 aromatic heterocycles. The van der Waals surface area contributed by atoms with Crippen LogP contribution in [0.3, 0.4) is 0 Å². The number of rotatable bonds is 7. The first-order chi connectivity index (χ1) is 13.1. The molecule has 1 heterocycles. The minimum atomic E-state index is -0.0376. The fraction of sp³-hybridized carbons (Fsp3) is 0.591. The van der Waals surface area contributed by atoms with E-state index in [9.17, 15) is 9.90 Å². The number of amides is 2. The molecule has 0 radical (unpaired) electrons. The van der Waals surface area contributed by atoms with E-state index >= 15 is 0 Å². The molecule has 0 unspecified atom stereocenters. The van der Waals surface area contributed by atoms with Crippen LogP contribution in [0.2, 0.25) is 0 Å². The molecule has 3 rings (SSSR count). The van der Waals surface area contributed by atoms with E-state index in [0.29, 0.717) is 13.1 Å². The van der Waals surface area contributed by atoms with Crippen LogP contribution in [-0.4, -0.2) is 54.9 Å². The van der Waals surface area contributed by atoms with E-state index in [2.05, 4.69) is 41.0 Å². The first-order valence-electron chi connectivity index (χ1n) is 10.3. The summed E-state index contributed by atoms with van der Waals surface area (Å²) >= 11 is 0. The van der Waals surface area contributed by atoms with E-state index in [-0.39, 0.29) is 30.6 Å². The minimum absolute atomic E-state index is 0.0376. The number of urea groups is 1. The molecule has 5 heteroatoms. The fourth-order valence-electron chi connectivity index (χ4n) is 4.21. The lowest BCUT2D eigenvalue weighted by molar-refractivity contribution is 0.109. The first-order valence-corrected chi connectivity index (χ1v) is 10.3. The Kier molecular flexibility index (Phi) is 6.91. The molecule has 1 aliphatic heterocycles. The first kappa shape index (κ1) is 19.9. The second kappa shape index (κ2) is 9.38. The van der Waals surface area contributed by atoms with Gasteiger partial charge in [-0.2, -0.15) is 0 Å². The maximum absolute atomic E-state index is 12.1. The van der Waals surface area contributed by atoms with Gasteiger partial charge in [0.2, 0.25) is 0 Å². The number of nitrogens with zero attached hydrogens (tertiary/aromatic N) is 1. The monoisotopic (exact) mass is 371 g/mol. The number of hydrogen-bond donors (Lipinski definition) is 3. The molecule has 1 fully saturated rings. The number of hydrogen-bond acceptors (Lipinski definition) is 3. The molecule has 1 saturated heterocycles. The smallest absolute Gasteiger partial charge is 0.317 e. The molecule has 1 aromatic carbocycles. The van der Waals surface area contributed by atoms with Gasteiger partial charge in [0.1, 0.15) is 0 Å². The highest BCUT2D eigenvalue weighted by Gasteiger charge is 2.41. The van der Waals surface area contributed by atoms with Crippen LogP contribution in [0.4, 0.5) is 4.79 Å². The summed E-state index contributed by atoms with van der Waals surface area (Å²) in [6, 6.07) is 9.01. The SMILES string of the molecule is CCCNC(=O)N(C)C[C@H]1N[C@@H](CO)[C@@H]1c1ccc(C2=CCCCC2)cc1. The van der Waals surface area contributed by atoms with Gasteiger partial charge >= 0.3 is 6.03 Å². The van der Waals surface area contributed by atoms with Crippen LogP contribution in [-0.2, 0) is 0 Å². The molecular weight excluding hydrogens is 338 g/mol. The van der Waals surface area contributed by atoms with Crippen molar-refractivity contribution in [3.05, 3.63) is 41.5 Å². The van der Waals surface area contributed by atoms with Crippen LogP contribution in [0.25, 0.3) is 5.57 Å². The Bertz CT molecular complexity index is 656. The number of carbonyl (C=O) groups excluding carboxylic acids is 1. The molecule has 148 valence electrons. The summed E-state index contributed by atoms with van der Waals surface area (Å²) < 4.78 is 0. The second-order valence-electron chi connectivity index (χ2n) is 7.80. The number of allylic oxidation sites excluding steroid dienone is 2. The van der Waals surface area contributed by atoms with E-state index in [1.807, 2.05) is 14.0 Å². The van der Waals surface area contributed by atoms with Crippen LogP contribution in [0.5, 0.6) is 0 Å². The van der Waals surface area contributed by atoms with Gasteiger partial charge in [-0.05, 0) is 48.8 Å². The van der Waals surface area contributed by atoms with Crippen molar-refractivity contribution in [3.8, 4) is 0 Å². The van der Waals surface area contributed by atoms with Crippen molar-refractivity contribution >= 4 is 11.6 Å². The third kappa shape index (κ3) is 4.71. The largest absolute Gasteiger partial charge is 0.395 e. The molecule has 3 N–H and O–H groups in total.